The minimum absolute atomic E-state index is 0.0723. The molecule has 0 unspecified atom stereocenters. The molecule has 0 aliphatic heterocycles. The van der Waals surface area contributed by atoms with Crippen molar-refractivity contribution < 1.29 is 9.53 Å². The zero-order valence-corrected chi connectivity index (χ0v) is 13.3. The zero-order valence-electron chi connectivity index (χ0n) is 11.7. The lowest BCUT2D eigenvalue weighted by Crippen LogP contribution is -2.28. The molecule has 0 bridgehead atoms. The normalized spacial score (nSPS) is 10.8. The molecular weight excluding hydrogens is 308 g/mol. The molecule has 1 N–H and O–H groups in total. The Labute approximate surface area is 123 Å². The number of carbonyl (C=O) groups is 1. The first-order valence-corrected chi connectivity index (χ1v) is 7.07. The van der Waals surface area contributed by atoms with Crippen molar-refractivity contribution in [2.45, 2.75) is 6.92 Å². The summed E-state index contributed by atoms with van der Waals surface area (Å²) in [5, 5.41) is 2.84. The van der Waals surface area contributed by atoms with Crippen molar-refractivity contribution in [3.05, 3.63) is 33.8 Å². The Morgan fingerprint density at radius 1 is 1.37 bits per heavy atom. The fraction of sp³-hybridized carbons (Fsp3) is 0.500. The molecule has 0 aliphatic carbocycles. The highest BCUT2D eigenvalue weighted by Gasteiger charge is 2.06. The summed E-state index contributed by atoms with van der Waals surface area (Å²) in [7, 11) is 4.00. The second kappa shape index (κ2) is 8.30. The van der Waals surface area contributed by atoms with Gasteiger partial charge in [-0.1, -0.05) is 22.0 Å². The van der Waals surface area contributed by atoms with Gasteiger partial charge in [0.25, 0.3) is 5.91 Å². The summed E-state index contributed by atoms with van der Waals surface area (Å²) in [5.41, 5.74) is 1.77. The molecule has 0 aromatic heterocycles. The highest BCUT2D eigenvalue weighted by molar-refractivity contribution is 9.10. The van der Waals surface area contributed by atoms with Crippen LogP contribution < -0.4 is 5.32 Å². The number of nitrogens with zero attached hydrogens (tertiary/aromatic N) is 1. The highest BCUT2D eigenvalue weighted by atomic mass is 79.9. The standard InChI is InChI=1S/C14H21BrN2O2/c1-11-4-5-12(10-13(11)15)14(18)16-6-8-19-9-7-17(2)3/h4-5,10H,6-9H2,1-3H3,(H,16,18). The fourth-order valence-corrected chi connectivity index (χ4v) is 1.80. The van der Waals surface area contributed by atoms with Gasteiger partial charge in [-0.25, -0.2) is 0 Å². The first kappa shape index (κ1) is 16.1. The van der Waals surface area contributed by atoms with Crippen molar-refractivity contribution in [2.24, 2.45) is 0 Å². The van der Waals surface area contributed by atoms with Gasteiger partial charge in [-0.3, -0.25) is 4.79 Å². The fourth-order valence-electron chi connectivity index (χ4n) is 1.42. The van der Waals surface area contributed by atoms with Crippen molar-refractivity contribution in [3.8, 4) is 0 Å². The number of likely N-dealkylation sites (N-methyl/N-ethyl adjacent to an activating group) is 1. The lowest BCUT2D eigenvalue weighted by Gasteiger charge is -2.10. The molecule has 0 aliphatic rings. The van der Waals surface area contributed by atoms with E-state index in [0.717, 1.165) is 16.6 Å². The monoisotopic (exact) mass is 328 g/mol. The lowest BCUT2D eigenvalue weighted by molar-refractivity contribution is 0.0900. The Kier molecular flexibility index (Phi) is 7.05. The third-order valence-electron chi connectivity index (χ3n) is 2.65. The van der Waals surface area contributed by atoms with E-state index in [2.05, 4.69) is 26.1 Å². The van der Waals surface area contributed by atoms with Crippen LogP contribution in [0, 0.1) is 6.92 Å². The average Bonchev–Trinajstić information content (AvgIpc) is 2.36. The summed E-state index contributed by atoms with van der Waals surface area (Å²) in [6, 6.07) is 5.58. The number of carbonyl (C=O) groups excluding carboxylic acids is 1. The van der Waals surface area contributed by atoms with Crippen LogP contribution in [0.2, 0.25) is 0 Å². The lowest BCUT2D eigenvalue weighted by atomic mass is 10.1. The smallest absolute Gasteiger partial charge is 0.251 e. The van der Waals surface area contributed by atoms with Crippen LogP contribution in [0.4, 0.5) is 0 Å². The van der Waals surface area contributed by atoms with E-state index >= 15 is 0 Å². The second-order valence-corrected chi connectivity index (χ2v) is 5.49. The first-order valence-electron chi connectivity index (χ1n) is 6.27. The Bertz CT molecular complexity index is 422. The van der Waals surface area contributed by atoms with Gasteiger partial charge < -0.3 is 15.0 Å². The van der Waals surface area contributed by atoms with Crippen LogP contribution in [0.3, 0.4) is 0 Å². The van der Waals surface area contributed by atoms with Gasteiger partial charge in [0.1, 0.15) is 0 Å². The molecule has 1 rings (SSSR count). The minimum Gasteiger partial charge on any atom is -0.378 e. The van der Waals surface area contributed by atoms with E-state index in [0.29, 0.717) is 25.3 Å². The molecule has 0 fully saturated rings. The van der Waals surface area contributed by atoms with E-state index in [1.807, 2.05) is 39.2 Å². The van der Waals surface area contributed by atoms with E-state index < -0.39 is 0 Å². The Morgan fingerprint density at radius 2 is 2.11 bits per heavy atom. The van der Waals surface area contributed by atoms with Crippen LogP contribution in [-0.2, 0) is 4.74 Å². The Balaban J connectivity index is 2.26. The molecule has 0 spiro atoms. The summed E-state index contributed by atoms with van der Waals surface area (Å²) >= 11 is 3.42. The number of ether oxygens (including phenoxy) is 1. The number of hydrogen-bond donors (Lipinski definition) is 1. The zero-order chi connectivity index (χ0) is 14.3. The van der Waals surface area contributed by atoms with E-state index in [1.165, 1.54) is 0 Å². The first-order chi connectivity index (χ1) is 9.00. The molecule has 4 nitrogen and oxygen atoms in total. The molecule has 0 saturated heterocycles. The molecule has 19 heavy (non-hydrogen) atoms. The van der Waals surface area contributed by atoms with Crippen LogP contribution in [0.5, 0.6) is 0 Å². The van der Waals surface area contributed by atoms with Gasteiger partial charge in [0.15, 0.2) is 0 Å². The number of nitrogens with one attached hydrogen (secondary N) is 1. The van der Waals surface area contributed by atoms with Crippen molar-refractivity contribution in [1.29, 1.82) is 0 Å². The third kappa shape index (κ3) is 6.18. The second-order valence-electron chi connectivity index (χ2n) is 4.64. The van der Waals surface area contributed by atoms with E-state index in [9.17, 15) is 4.79 Å². The maximum Gasteiger partial charge on any atom is 0.251 e. The number of benzene rings is 1. The van der Waals surface area contributed by atoms with E-state index in [4.69, 9.17) is 4.74 Å². The van der Waals surface area contributed by atoms with Crippen molar-refractivity contribution in [3.63, 3.8) is 0 Å². The maximum atomic E-state index is 11.9. The number of halogens is 1. The van der Waals surface area contributed by atoms with Gasteiger partial charge in [0.05, 0.1) is 13.2 Å². The van der Waals surface area contributed by atoms with Gasteiger partial charge in [-0.05, 0) is 38.7 Å². The van der Waals surface area contributed by atoms with Gasteiger partial charge in [0.2, 0.25) is 0 Å². The van der Waals surface area contributed by atoms with Crippen molar-refractivity contribution in [1.82, 2.24) is 10.2 Å². The molecule has 0 saturated carbocycles. The maximum absolute atomic E-state index is 11.9. The molecule has 1 amide bonds. The molecule has 106 valence electrons. The predicted molar refractivity (Wildman–Crippen MR) is 80.6 cm³/mol. The average molecular weight is 329 g/mol. The molecule has 0 heterocycles. The number of hydrogen-bond acceptors (Lipinski definition) is 3. The van der Waals surface area contributed by atoms with Crippen LogP contribution in [0.1, 0.15) is 15.9 Å². The third-order valence-corrected chi connectivity index (χ3v) is 3.50. The van der Waals surface area contributed by atoms with Crippen molar-refractivity contribution >= 4 is 21.8 Å². The summed E-state index contributed by atoms with van der Waals surface area (Å²) in [6.45, 7) is 4.62. The van der Waals surface area contributed by atoms with Gasteiger partial charge in [-0.2, -0.15) is 0 Å². The van der Waals surface area contributed by atoms with E-state index in [-0.39, 0.29) is 5.91 Å². The van der Waals surface area contributed by atoms with Crippen LogP contribution in [-0.4, -0.2) is 51.2 Å². The molecule has 0 radical (unpaired) electrons. The topological polar surface area (TPSA) is 41.6 Å². The largest absolute Gasteiger partial charge is 0.378 e. The summed E-state index contributed by atoms with van der Waals surface area (Å²) in [4.78, 5) is 13.9. The van der Waals surface area contributed by atoms with Crippen LogP contribution in [0.15, 0.2) is 22.7 Å². The molecule has 0 atom stereocenters. The van der Waals surface area contributed by atoms with Gasteiger partial charge >= 0.3 is 0 Å². The molecule has 5 heteroatoms. The minimum atomic E-state index is -0.0723. The summed E-state index contributed by atoms with van der Waals surface area (Å²) in [5.74, 6) is -0.0723. The number of rotatable bonds is 7. The quantitative estimate of drug-likeness (QED) is 0.779. The Morgan fingerprint density at radius 3 is 2.74 bits per heavy atom. The molecule has 1 aromatic rings. The Hall–Kier alpha value is -0.910. The molecule has 1 aromatic carbocycles. The number of amides is 1. The van der Waals surface area contributed by atoms with Gasteiger partial charge in [-0.15, -0.1) is 0 Å². The summed E-state index contributed by atoms with van der Waals surface area (Å²) in [6.07, 6.45) is 0. The van der Waals surface area contributed by atoms with E-state index in [1.54, 1.807) is 0 Å². The SMILES string of the molecule is Cc1ccc(C(=O)NCCOCCN(C)C)cc1Br. The van der Waals surface area contributed by atoms with Crippen LogP contribution in [0.25, 0.3) is 0 Å². The predicted octanol–water partition coefficient (Wildman–Crippen LogP) is 2.07. The van der Waals surface area contributed by atoms with Crippen LogP contribution >= 0.6 is 15.9 Å². The highest BCUT2D eigenvalue weighted by Crippen LogP contribution is 2.17. The molecular formula is C14H21BrN2O2. The summed E-state index contributed by atoms with van der Waals surface area (Å²) < 4.78 is 6.35. The van der Waals surface area contributed by atoms with Crippen molar-refractivity contribution in [2.75, 3.05) is 40.4 Å². The van der Waals surface area contributed by atoms with Gasteiger partial charge in [0, 0.05) is 23.1 Å². The number of aryl methyl sites for hydroxylation is 1.